The highest BCUT2D eigenvalue weighted by molar-refractivity contribution is 6.31. The van der Waals surface area contributed by atoms with E-state index in [1.807, 2.05) is 18.2 Å². The number of nitrogen functional groups attached to an aromatic ring is 1. The molecule has 16 heavy (non-hydrogen) atoms. The average Bonchev–Trinajstić information content (AvgIpc) is 2.51. The van der Waals surface area contributed by atoms with Crippen LogP contribution in [0.25, 0.3) is 0 Å². The van der Waals surface area contributed by atoms with Crippen molar-refractivity contribution in [3.8, 4) is 0 Å². The zero-order valence-corrected chi connectivity index (χ0v) is 10.7. The van der Waals surface area contributed by atoms with Crippen molar-refractivity contribution in [2.24, 2.45) is 5.41 Å². The van der Waals surface area contributed by atoms with Gasteiger partial charge in [-0.3, -0.25) is 4.90 Å². The van der Waals surface area contributed by atoms with Crippen LogP contribution in [0, 0.1) is 5.41 Å². The van der Waals surface area contributed by atoms with Gasteiger partial charge in [-0.2, -0.15) is 0 Å². The minimum atomic E-state index is 0.445. The van der Waals surface area contributed by atoms with Crippen LogP contribution < -0.4 is 5.73 Å². The maximum Gasteiger partial charge on any atom is 0.0471 e. The van der Waals surface area contributed by atoms with Gasteiger partial charge in [0.15, 0.2) is 0 Å². The van der Waals surface area contributed by atoms with E-state index in [0.29, 0.717) is 5.41 Å². The molecule has 1 aliphatic rings. The summed E-state index contributed by atoms with van der Waals surface area (Å²) in [6.07, 6.45) is 1.26. The lowest BCUT2D eigenvalue weighted by atomic mass is 9.93. The number of hydrogen-bond acceptors (Lipinski definition) is 2. The summed E-state index contributed by atoms with van der Waals surface area (Å²) in [4.78, 5) is 2.46. The molecule has 0 bridgehead atoms. The second-order valence-electron chi connectivity index (χ2n) is 5.48. The van der Waals surface area contributed by atoms with Gasteiger partial charge in [-0.25, -0.2) is 0 Å². The molecule has 1 aromatic rings. The highest BCUT2D eigenvalue weighted by Gasteiger charge is 2.29. The van der Waals surface area contributed by atoms with Crippen molar-refractivity contribution >= 4 is 17.3 Å². The van der Waals surface area contributed by atoms with Gasteiger partial charge >= 0.3 is 0 Å². The van der Waals surface area contributed by atoms with Crippen LogP contribution in [0.3, 0.4) is 0 Å². The van der Waals surface area contributed by atoms with E-state index in [0.717, 1.165) is 30.3 Å². The lowest BCUT2D eigenvalue weighted by Crippen LogP contribution is -2.23. The third kappa shape index (κ3) is 2.69. The van der Waals surface area contributed by atoms with E-state index in [1.54, 1.807) is 0 Å². The Balaban J connectivity index is 2.05. The van der Waals surface area contributed by atoms with Gasteiger partial charge in [0.1, 0.15) is 0 Å². The number of anilines is 1. The third-order valence-corrected chi connectivity index (χ3v) is 3.58. The van der Waals surface area contributed by atoms with Crippen molar-refractivity contribution in [2.75, 3.05) is 18.8 Å². The van der Waals surface area contributed by atoms with Crippen LogP contribution in [-0.2, 0) is 6.54 Å². The van der Waals surface area contributed by atoms with Crippen LogP contribution in [0.1, 0.15) is 25.8 Å². The van der Waals surface area contributed by atoms with E-state index >= 15 is 0 Å². The fraction of sp³-hybridized carbons (Fsp3) is 0.538. The maximum absolute atomic E-state index is 6.17. The molecular weight excluding hydrogens is 220 g/mol. The standard InChI is InChI=1S/C13H19ClN2/c1-13(2)5-6-16(9-13)8-10-3-4-11(15)7-12(10)14/h3-4,7H,5-6,8-9,15H2,1-2H3. The molecule has 0 saturated carbocycles. The van der Waals surface area contributed by atoms with Crippen molar-refractivity contribution in [3.05, 3.63) is 28.8 Å². The van der Waals surface area contributed by atoms with Gasteiger partial charge in [0.2, 0.25) is 0 Å². The summed E-state index contributed by atoms with van der Waals surface area (Å²) in [5, 5.41) is 0.782. The summed E-state index contributed by atoms with van der Waals surface area (Å²) < 4.78 is 0. The lowest BCUT2D eigenvalue weighted by molar-refractivity contribution is 0.284. The third-order valence-electron chi connectivity index (χ3n) is 3.23. The number of halogens is 1. The van der Waals surface area contributed by atoms with Gasteiger partial charge in [-0.15, -0.1) is 0 Å². The SMILES string of the molecule is CC1(C)CCN(Cc2ccc(N)cc2Cl)C1. The Morgan fingerprint density at radius 2 is 2.19 bits per heavy atom. The van der Waals surface area contributed by atoms with E-state index in [2.05, 4.69) is 18.7 Å². The number of nitrogens with two attached hydrogens (primary N) is 1. The molecule has 1 fully saturated rings. The van der Waals surface area contributed by atoms with E-state index in [1.165, 1.54) is 12.0 Å². The fourth-order valence-corrected chi connectivity index (χ4v) is 2.54. The molecule has 3 heteroatoms. The molecule has 1 aliphatic heterocycles. The summed E-state index contributed by atoms with van der Waals surface area (Å²) in [7, 11) is 0. The van der Waals surface area contributed by atoms with Crippen molar-refractivity contribution in [1.29, 1.82) is 0 Å². The van der Waals surface area contributed by atoms with E-state index < -0.39 is 0 Å². The largest absolute Gasteiger partial charge is 0.399 e. The Kier molecular flexibility index (Phi) is 3.13. The first-order valence-electron chi connectivity index (χ1n) is 5.73. The van der Waals surface area contributed by atoms with E-state index in [9.17, 15) is 0 Å². The zero-order valence-electron chi connectivity index (χ0n) is 9.96. The molecular formula is C13H19ClN2. The maximum atomic E-state index is 6.17. The van der Waals surface area contributed by atoms with Crippen LogP contribution in [0.2, 0.25) is 5.02 Å². The highest BCUT2D eigenvalue weighted by Crippen LogP contribution is 2.31. The van der Waals surface area contributed by atoms with Gasteiger partial charge in [-0.05, 0) is 36.1 Å². The van der Waals surface area contributed by atoms with E-state index in [4.69, 9.17) is 17.3 Å². The second kappa shape index (κ2) is 4.27. The Labute approximate surface area is 102 Å². The number of hydrogen-bond donors (Lipinski definition) is 1. The Morgan fingerprint density at radius 3 is 2.75 bits per heavy atom. The number of nitrogens with zero attached hydrogens (tertiary/aromatic N) is 1. The molecule has 88 valence electrons. The average molecular weight is 239 g/mol. The van der Waals surface area contributed by atoms with Crippen LogP contribution >= 0.6 is 11.6 Å². The molecule has 0 unspecified atom stereocenters. The summed E-state index contributed by atoms with van der Waals surface area (Å²) in [6.45, 7) is 7.87. The molecule has 0 spiro atoms. The predicted octanol–water partition coefficient (Wildman–Crippen LogP) is 3.15. The second-order valence-corrected chi connectivity index (χ2v) is 5.88. The monoisotopic (exact) mass is 238 g/mol. The Morgan fingerprint density at radius 1 is 1.44 bits per heavy atom. The predicted molar refractivity (Wildman–Crippen MR) is 69.5 cm³/mol. The molecule has 0 atom stereocenters. The van der Waals surface area contributed by atoms with Crippen molar-refractivity contribution in [1.82, 2.24) is 4.90 Å². The Hall–Kier alpha value is -0.730. The minimum absolute atomic E-state index is 0.445. The van der Waals surface area contributed by atoms with Gasteiger partial charge < -0.3 is 5.73 Å². The summed E-state index contributed by atoms with van der Waals surface area (Å²) in [5.41, 5.74) is 8.03. The van der Waals surface area contributed by atoms with Crippen LogP contribution in [0.5, 0.6) is 0 Å². The molecule has 0 radical (unpaired) electrons. The van der Waals surface area contributed by atoms with Crippen LogP contribution in [0.15, 0.2) is 18.2 Å². The van der Waals surface area contributed by atoms with Crippen LogP contribution in [-0.4, -0.2) is 18.0 Å². The summed E-state index contributed by atoms with van der Waals surface area (Å²) in [6, 6.07) is 5.78. The molecule has 2 N–H and O–H groups in total. The first kappa shape index (κ1) is 11.7. The molecule has 1 heterocycles. The molecule has 0 aromatic heterocycles. The molecule has 1 aromatic carbocycles. The summed E-state index contributed by atoms with van der Waals surface area (Å²) >= 11 is 6.17. The molecule has 2 nitrogen and oxygen atoms in total. The van der Waals surface area contributed by atoms with Crippen LogP contribution in [0.4, 0.5) is 5.69 Å². The zero-order chi connectivity index (χ0) is 11.8. The number of rotatable bonds is 2. The lowest BCUT2D eigenvalue weighted by Gasteiger charge is -2.20. The molecule has 2 rings (SSSR count). The molecule has 1 saturated heterocycles. The minimum Gasteiger partial charge on any atom is -0.399 e. The van der Waals surface area contributed by atoms with E-state index in [-0.39, 0.29) is 0 Å². The smallest absolute Gasteiger partial charge is 0.0471 e. The van der Waals surface area contributed by atoms with Gasteiger partial charge in [0.05, 0.1) is 0 Å². The first-order chi connectivity index (χ1) is 7.46. The number of benzene rings is 1. The van der Waals surface area contributed by atoms with Gasteiger partial charge in [0, 0.05) is 23.8 Å². The highest BCUT2D eigenvalue weighted by atomic mass is 35.5. The van der Waals surface area contributed by atoms with Crippen molar-refractivity contribution in [3.63, 3.8) is 0 Å². The normalized spacial score (nSPS) is 20.2. The quantitative estimate of drug-likeness (QED) is 0.802. The van der Waals surface area contributed by atoms with Crippen molar-refractivity contribution < 1.29 is 0 Å². The van der Waals surface area contributed by atoms with Gasteiger partial charge in [0.25, 0.3) is 0 Å². The molecule has 0 aliphatic carbocycles. The fourth-order valence-electron chi connectivity index (χ4n) is 2.29. The Bertz CT molecular complexity index is 388. The molecule has 0 amide bonds. The topological polar surface area (TPSA) is 29.3 Å². The number of likely N-dealkylation sites (tertiary alicyclic amines) is 1. The van der Waals surface area contributed by atoms with Gasteiger partial charge in [-0.1, -0.05) is 31.5 Å². The van der Waals surface area contributed by atoms with Crippen molar-refractivity contribution in [2.45, 2.75) is 26.8 Å². The first-order valence-corrected chi connectivity index (χ1v) is 6.10. The summed E-state index contributed by atoms with van der Waals surface area (Å²) in [5.74, 6) is 0.